The normalized spacial score (nSPS) is 10.2. The van der Waals surface area contributed by atoms with E-state index < -0.39 is 16.7 Å². The number of hydrogen-bond acceptors (Lipinski definition) is 5. The fraction of sp³-hybridized carbons (Fsp3) is 0.130. The van der Waals surface area contributed by atoms with Crippen LogP contribution in [0.4, 0.5) is 11.4 Å². The second-order valence-corrected chi connectivity index (χ2v) is 6.73. The average molecular weight is 419 g/mol. The first-order chi connectivity index (χ1) is 15.0. The second-order valence-electron chi connectivity index (χ2n) is 6.73. The summed E-state index contributed by atoms with van der Waals surface area (Å²) in [7, 11) is 1.33. The van der Waals surface area contributed by atoms with E-state index in [-0.39, 0.29) is 30.2 Å². The molecule has 0 saturated carbocycles. The Morgan fingerprint density at radius 2 is 1.48 bits per heavy atom. The average Bonchev–Trinajstić information content (AvgIpc) is 2.79. The number of amides is 2. The van der Waals surface area contributed by atoms with Gasteiger partial charge in [-0.1, -0.05) is 60.7 Å². The number of benzene rings is 3. The Morgan fingerprint density at radius 3 is 1.97 bits per heavy atom. The van der Waals surface area contributed by atoms with Crippen molar-refractivity contribution < 1.29 is 19.2 Å². The smallest absolute Gasteiger partial charge is 0.314 e. The summed E-state index contributed by atoms with van der Waals surface area (Å²) in [6.07, 6.45) is 0. The first kappa shape index (κ1) is 21.5. The largest absolute Gasteiger partial charge is 0.494 e. The molecule has 3 rings (SSSR count). The van der Waals surface area contributed by atoms with Gasteiger partial charge in [0.1, 0.15) is 5.75 Å². The molecule has 8 nitrogen and oxygen atoms in total. The van der Waals surface area contributed by atoms with Crippen molar-refractivity contribution in [3.8, 4) is 5.75 Å². The van der Waals surface area contributed by atoms with E-state index in [1.807, 2.05) is 60.7 Å². The second kappa shape index (κ2) is 10.0. The van der Waals surface area contributed by atoms with E-state index in [4.69, 9.17) is 4.74 Å². The van der Waals surface area contributed by atoms with Gasteiger partial charge in [0.15, 0.2) is 0 Å². The van der Waals surface area contributed by atoms with Gasteiger partial charge in [0, 0.05) is 19.2 Å². The molecule has 0 unspecified atom stereocenters. The summed E-state index contributed by atoms with van der Waals surface area (Å²) in [5.41, 5.74) is 1.75. The highest BCUT2D eigenvalue weighted by Gasteiger charge is 2.24. The molecule has 0 radical (unpaired) electrons. The van der Waals surface area contributed by atoms with Gasteiger partial charge >= 0.3 is 11.8 Å². The maximum Gasteiger partial charge on any atom is 0.314 e. The molecule has 31 heavy (non-hydrogen) atoms. The van der Waals surface area contributed by atoms with Gasteiger partial charge in [0.05, 0.1) is 23.8 Å². The molecule has 0 aliphatic rings. The molecule has 0 aromatic heterocycles. The number of nitrogens with one attached hydrogen (secondary N) is 1. The van der Waals surface area contributed by atoms with Gasteiger partial charge in [-0.3, -0.25) is 19.7 Å². The van der Waals surface area contributed by atoms with E-state index in [9.17, 15) is 19.7 Å². The van der Waals surface area contributed by atoms with Gasteiger partial charge in [-0.15, -0.1) is 0 Å². The highest BCUT2D eigenvalue weighted by Crippen LogP contribution is 2.29. The molecule has 3 aromatic carbocycles. The minimum absolute atomic E-state index is 0.0908. The van der Waals surface area contributed by atoms with Gasteiger partial charge in [-0.2, -0.15) is 0 Å². The Kier molecular flexibility index (Phi) is 6.95. The highest BCUT2D eigenvalue weighted by molar-refractivity contribution is 6.39. The van der Waals surface area contributed by atoms with Crippen LogP contribution in [0.1, 0.15) is 11.1 Å². The number of methoxy groups -OCH3 is 1. The number of anilines is 1. The van der Waals surface area contributed by atoms with Gasteiger partial charge < -0.3 is 15.0 Å². The van der Waals surface area contributed by atoms with Crippen LogP contribution in [0.3, 0.4) is 0 Å². The van der Waals surface area contributed by atoms with Crippen LogP contribution in [0, 0.1) is 10.1 Å². The quantitative estimate of drug-likeness (QED) is 0.357. The van der Waals surface area contributed by atoms with Crippen molar-refractivity contribution in [2.24, 2.45) is 0 Å². The summed E-state index contributed by atoms with van der Waals surface area (Å²) >= 11 is 0. The van der Waals surface area contributed by atoms with Crippen molar-refractivity contribution in [2.75, 3.05) is 12.4 Å². The molecular formula is C23H21N3O5. The Bertz CT molecular complexity index is 1030. The lowest BCUT2D eigenvalue weighted by Crippen LogP contribution is -2.39. The number of carbonyl (C=O) groups is 2. The number of carbonyl (C=O) groups excluding carboxylic acids is 2. The number of nitro benzene ring substituents is 1. The Hall–Kier alpha value is -4.20. The zero-order chi connectivity index (χ0) is 22.2. The molecule has 3 aromatic rings. The van der Waals surface area contributed by atoms with Gasteiger partial charge in [0.2, 0.25) is 0 Å². The predicted molar refractivity (Wildman–Crippen MR) is 115 cm³/mol. The van der Waals surface area contributed by atoms with E-state index in [0.29, 0.717) is 0 Å². The van der Waals surface area contributed by atoms with Crippen LogP contribution >= 0.6 is 0 Å². The van der Waals surface area contributed by atoms with Crippen LogP contribution in [0.2, 0.25) is 0 Å². The fourth-order valence-corrected chi connectivity index (χ4v) is 3.02. The lowest BCUT2D eigenvalue weighted by molar-refractivity contribution is -0.384. The summed E-state index contributed by atoms with van der Waals surface area (Å²) in [4.78, 5) is 37.5. The molecule has 8 heteroatoms. The SMILES string of the molecule is COc1cc([N+](=O)[O-])ccc1NC(=O)C(=O)N(Cc1ccccc1)Cc1ccccc1. The molecule has 0 spiro atoms. The van der Waals surface area contributed by atoms with E-state index >= 15 is 0 Å². The van der Waals surface area contributed by atoms with Crippen molar-refractivity contribution in [1.82, 2.24) is 4.90 Å². The maximum atomic E-state index is 13.0. The third kappa shape index (κ3) is 5.66. The molecule has 0 atom stereocenters. The zero-order valence-electron chi connectivity index (χ0n) is 16.9. The third-order valence-corrected chi connectivity index (χ3v) is 4.56. The van der Waals surface area contributed by atoms with Gasteiger partial charge in [-0.05, 0) is 17.2 Å². The molecule has 0 aliphatic carbocycles. The first-order valence-electron chi connectivity index (χ1n) is 9.48. The van der Waals surface area contributed by atoms with Crippen LogP contribution in [0.25, 0.3) is 0 Å². The maximum absolute atomic E-state index is 13.0. The number of nitrogens with zero attached hydrogens (tertiary/aromatic N) is 2. The summed E-state index contributed by atoms with van der Waals surface area (Å²) in [5.74, 6) is -1.50. The highest BCUT2D eigenvalue weighted by atomic mass is 16.6. The van der Waals surface area contributed by atoms with Crippen molar-refractivity contribution in [1.29, 1.82) is 0 Å². The minimum Gasteiger partial charge on any atom is -0.494 e. The molecule has 0 fully saturated rings. The lowest BCUT2D eigenvalue weighted by Gasteiger charge is -2.22. The molecule has 158 valence electrons. The first-order valence-corrected chi connectivity index (χ1v) is 9.48. The molecule has 0 aliphatic heterocycles. The molecule has 0 saturated heterocycles. The summed E-state index contributed by atoms with van der Waals surface area (Å²) in [6, 6.07) is 22.5. The predicted octanol–water partition coefficient (Wildman–Crippen LogP) is 3.77. The van der Waals surface area contributed by atoms with E-state index in [2.05, 4.69) is 5.32 Å². The Labute approximate surface area is 179 Å². The zero-order valence-corrected chi connectivity index (χ0v) is 16.9. The van der Waals surface area contributed by atoms with Gasteiger partial charge in [0.25, 0.3) is 5.69 Å². The number of nitro groups is 1. The fourth-order valence-electron chi connectivity index (χ4n) is 3.02. The Morgan fingerprint density at radius 1 is 0.935 bits per heavy atom. The van der Waals surface area contributed by atoms with Crippen LogP contribution in [0.15, 0.2) is 78.9 Å². The molecule has 0 bridgehead atoms. The van der Waals surface area contributed by atoms with Crippen LogP contribution in [-0.4, -0.2) is 28.7 Å². The minimum atomic E-state index is -0.862. The lowest BCUT2D eigenvalue weighted by atomic mass is 10.1. The van der Waals surface area contributed by atoms with E-state index in [0.717, 1.165) is 11.1 Å². The van der Waals surface area contributed by atoms with Crippen molar-refractivity contribution >= 4 is 23.2 Å². The standard InChI is InChI=1S/C23H21N3O5/c1-31-21-14-19(26(29)30)12-13-20(21)24-22(27)23(28)25(15-17-8-4-2-5-9-17)16-18-10-6-3-7-11-18/h2-14H,15-16H2,1H3,(H,24,27). The number of hydrogen-bond donors (Lipinski definition) is 1. The van der Waals surface area contributed by atoms with Crippen molar-refractivity contribution in [3.05, 3.63) is 100 Å². The van der Waals surface area contributed by atoms with Crippen molar-refractivity contribution in [2.45, 2.75) is 13.1 Å². The van der Waals surface area contributed by atoms with E-state index in [1.54, 1.807) is 0 Å². The van der Waals surface area contributed by atoms with Crippen LogP contribution in [-0.2, 0) is 22.7 Å². The number of ether oxygens (including phenoxy) is 1. The summed E-state index contributed by atoms with van der Waals surface area (Å²) in [6.45, 7) is 0.499. The van der Waals surface area contributed by atoms with E-state index in [1.165, 1.54) is 30.2 Å². The van der Waals surface area contributed by atoms with Crippen LogP contribution < -0.4 is 10.1 Å². The van der Waals surface area contributed by atoms with Gasteiger partial charge in [-0.25, -0.2) is 0 Å². The van der Waals surface area contributed by atoms with Crippen molar-refractivity contribution in [3.63, 3.8) is 0 Å². The topological polar surface area (TPSA) is 102 Å². The summed E-state index contributed by atoms with van der Waals surface area (Å²) < 4.78 is 5.12. The van der Waals surface area contributed by atoms with Crippen LogP contribution in [0.5, 0.6) is 5.75 Å². The number of non-ortho nitro benzene ring substituents is 1. The molecule has 2 amide bonds. The number of rotatable bonds is 7. The molecule has 0 heterocycles. The monoisotopic (exact) mass is 419 g/mol. The third-order valence-electron chi connectivity index (χ3n) is 4.56. The summed E-state index contributed by atoms with van der Waals surface area (Å²) in [5, 5.41) is 13.5. The molecule has 1 N–H and O–H groups in total. The molecular weight excluding hydrogens is 398 g/mol. The Balaban J connectivity index is 1.81.